The van der Waals surface area contributed by atoms with Gasteiger partial charge in [0.05, 0.1) is 18.9 Å². The number of rotatable bonds is 4. The Morgan fingerprint density at radius 3 is 2.83 bits per heavy atom. The fourth-order valence-corrected chi connectivity index (χ4v) is 2.74. The molecular weight excluding hydrogens is 258 g/mol. The Morgan fingerprint density at radius 1 is 1.61 bits per heavy atom. The van der Waals surface area contributed by atoms with Crippen LogP contribution in [0.15, 0.2) is 17.3 Å². The van der Waals surface area contributed by atoms with Crippen molar-refractivity contribution < 1.29 is 17.9 Å². The van der Waals surface area contributed by atoms with Crippen LogP contribution in [-0.2, 0) is 26.5 Å². The van der Waals surface area contributed by atoms with E-state index in [1.54, 1.807) is 20.9 Å². The lowest BCUT2D eigenvalue weighted by molar-refractivity contribution is -0.137. The number of nitrogens with one attached hydrogen (secondary N) is 1. The van der Waals surface area contributed by atoms with E-state index < -0.39 is 15.8 Å². The predicted molar refractivity (Wildman–Crippen MR) is 63.3 cm³/mol. The molecule has 8 heteroatoms. The zero-order valence-corrected chi connectivity index (χ0v) is 11.4. The third-order valence-corrected chi connectivity index (χ3v) is 3.94. The van der Waals surface area contributed by atoms with E-state index in [0.29, 0.717) is 6.61 Å². The first-order valence-electron chi connectivity index (χ1n) is 5.59. The zero-order chi connectivity index (χ0) is 13.4. The molecule has 0 aromatic carbocycles. The van der Waals surface area contributed by atoms with Crippen LogP contribution in [0.4, 0.5) is 0 Å². The van der Waals surface area contributed by atoms with E-state index in [1.807, 2.05) is 0 Å². The normalized spacial score (nSPS) is 23.4. The van der Waals surface area contributed by atoms with E-state index in [1.165, 1.54) is 17.1 Å². The van der Waals surface area contributed by atoms with Gasteiger partial charge in [-0.2, -0.15) is 5.10 Å². The Morgan fingerprint density at radius 2 is 2.33 bits per heavy atom. The maximum absolute atomic E-state index is 11.9. The fourth-order valence-electron chi connectivity index (χ4n) is 1.69. The molecule has 1 N–H and O–H groups in total. The molecule has 2 rings (SSSR count). The molecule has 1 aliphatic heterocycles. The van der Waals surface area contributed by atoms with Gasteiger partial charge in [0.1, 0.15) is 4.90 Å². The van der Waals surface area contributed by atoms with Gasteiger partial charge < -0.3 is 9.47 Å². The standard InChI is InChI=1S/C10H17N3O4S/c1-10(2)16-7-8(17-10)4-12-18(14,15)9-5-11-13(3)6-9/h5-6,8,12H,4,7H2,1-3H3. The molecule has 102 valence electrons. The maximum Gasteiger partial charge on any atom is 0.243 e. The smallest absolute Gasteiger partial charge is 0.243 e. The summed E-state index contributed by atoms with van der Waals surface area (Å²) in [6.45, 7) is 4.15. The highest BCUT2D eigenvalue weighted by Crippen LogP contribution is 2.22. The van der Waals surface area contributed by atoms with Gasteiger partial charge in [-0.15, -0.1) is 0 Å². The van der Waals surface area contributed by atoms with E-state index in [4.69, 9.17) is 9.47 Å². The molecular formula is C10H17N3O4S. The minimum atomic E-state index is -3.53. The molecule has 2 heterocycles. The second-order valence-corrected chi connectivity index (χ2v) is 6.42. The molecule has 1 aromatic heterocycles. The highest BCUT2D eigenvalue weighted by Gasteiger charge is 2.33. The van der Waals surface area contributed by atoms with Crippen LogP contribution in [0.1, 0.15) is 13.8 Å². The summed E-state index contributed by atoms with van der Waals surface area (Å²) in [5.41, 5.74) is 0. The van der Waals surface area contributed by atoms with Gasteiger partial charge in [0, 0.05) is 19.8 Å². The number of sulfonamides is 1. The molecule has 18 heavy (non-hydrogen) atoms. The lowest BCUT2D eigenvalue weighted by atomic mass is 10.4. The second-order valence-electron chi connectivity index (χ2n) is 4.65. The van der Waals surface area contributed by atoms with Crippen LogP contribution in [0.25, 0.3) is 0 Å². The van der Waals surface area contributed by atoms with Crippen LogP contribution < -0.4 is 4.72 Å². The molecule has 1 fully saturated rings. The molecule has 1 atom stereocenters. The van der Waals surface area contributed by atoms with Crippen LogP contribution in [0.3, 0.4) is 0 Å². The first-order chi connectivity index (χ1) is 8.28. The SMILES string of the molecule is Cn1cc(S(=O)(=O)NCC2COC(C)(C)O2)cn1. The molecule has 0 radical (unpaired) electrons. The molecule has 1 saturated heterocycles. The molecule has 0 amide bonds. The summed E-state index contributed by atoms with van der Waals surface area (Å²) < 4.78 is 38.6. The molecule has 1 aliphatic rings. The average molecular weight is 275 g/mol. The number of aryl methyl sites for hydroxylation is 1. The van der Waals surface area contributed by atoms with Crippen molar-refractivity contribution in [3.8, 4) is 0 Å². The number of ether oxygens (including phenoxy) is 2. The van der Waals surface area contributed by atoms with Gasteiger partial charge in [0.25, 0.3) is 0 Å². The molecule has 0 bridgehead atoms. The molecule has 7 nitrogen and oxygen atoms in total. The van der Waals surface area contributed by atoms with Crippen molar-refractivity contribution in [3.63, 3.8) is 0 Å². The Bertz CT molecular complexity index is 523. The fraction of sp³-hybridized carbons (Fsp3) is 0.700. The third-order valence-electron chi connectivity index (χ3n) is 2.56. The lowest BCUT2D eigenvalue weighted by Gasteiger charge is -2.17. The maximum atomic E-state index is 11.9. The molecule has 1 aromatic rings. The van der Waals surface area contributed by atoms with E-state index >= 15 is 0 Å². The Labute approximate surface area is 106 Å². The summed E-state index contributed by atoms with van der Waals surface area (Å²) in [6, 6.07) is 0. The van der Waals surface area contributed by atoms with Crippen LogP contribution in [0.2, 0.25) is 0 Å². The number of nitrogens with zero attached hydrogens (tertiary/aromatic N) is 2. The lowest BCUT2D eigenvalue weighted by Crippen LogP contribution is -2.34. The molecule has 0 spiro atoms. The van der Waals surface area contributed by atoms with Crippen molar-refractivity contribution in [2.75, 3.05) is 13.2 Å². The summed E-state index contributed by atoms with van der Waals surface area (Å²) in [5.74, 6) is -0.648. The first-order valence-corrected chi connectivity index (χ1v) is 7.07. The van der Waals surface area contributed by atoms with Crippen molar-refractivity contribution in [1.29, 1.82) is 0 Å². The molecule has 0 saturated carbocycles. The molecule has 0 aliphatic carbocycles. The van der Waals surface area contributed by atoms with Crippen LogP contribution in [0.5, 0.6) is 0 Å². The minimum absolute atomic E-state index is 0.142. The Balaban J connectivity index is 1.94. The second kappa shape index (κ2) is 4.61. The average Bonchev–Trinajstić information content (AvgIpc) is 2.82. The van der Waals surface area contributed by atoms with Crippen molar-refractivity contribution in [1.82, 2.24) is 14.5 Å². The summed E-state index contributed by atoms with van der Waals surface area (Å²) in [7, 11) is -1.87. The van der Waals surface area contributed by atoms with Crippen molar-refractivity contribution in [2.45, 2.75) is 30.6 Å². The van der Waals surface area contributed by atoms with Gasteiger partial charge in [-0.05, 0) is 13.8 Å². The Kier molecular flexibility index (Phi) is 3.45. The van der Waals surface area contributed by atoms with E-state index in [0.717, 1.165) is 0 Å². The van der Waals surface area contributed by atoms with Gasteiger partial charge in [0.15, 0.2) is 5.79 Å². The van der Waals surface area contributed by atoms with E-state index in [-0.39, 0.29) is 17.5 Å². The van der Waals surface area contributed by atoms with E-state index in [2.05, 4.69) is 9.82 Å². The summed E-state index contributed by atoms with van der Waals surface area (Å²) in [6.07, 6.45) is 2.47. The summed E-state index contributed by atoms with van der Waals surface area (Å²) in [5, 5.41) is 3.83. The predicted octanol–water partition coefficient (Wildman–Crippen LogP) is -0.150. The number of aromatic nitrogens is 2. The first kappa shape index (κ1) is 13.5. The monoisotopic (exact) mass is 275 g/mol. The number of hydrogen-bond acceptors (Lipinski definition) is 5. The van der Waals surface area contributed by atoms with Gasteiger partial charge in [-0.1, -0.05) is 0 Å². The number of hydrogen-bond donors (Lipinski definition) is 1. The van der Waals surface area contributed by atoms with Crippen LogP contribution >= 0.6 is 0 Å². The summed E-state index contributed by atoms with van der Waals surface area (Å²) in [4.78, 5) is 0.142. The Hall–Kier alpha value is -0.960. The van der Waals surface area contributed by atoms with Crippen LogP contribution in [-0.4, -0.2) is 43.2 Å². The largest absolute Gasteiger partial charge is 0.348 e. The highest BCUT2D eigenvalue weighted by molar-refractivity contribution is 7.89. The van der Waals surface area contributed by atoms with Crippen LogP contribution in [0, 0.1) is 0 Å². The van der Waals surface area contributed by atoms with Crippen molar-refractivity contribution in [3.05, 3.63) is 12.4 Å². The van der Waals surface area contributed by atoms with Gasteiger partial charge in [0.2, 0.25) is 10.0 Å². The highest BCUT2D eigenvalue weighted by atomic mass is 32.2. The van der Waals surface area contributed by atoms with E-state index in [9.17, 15) is 8.42 Å². The quantitative estimate of drug-likeness (QED) is 0.826. The van der Waals surface area contributed by atoms with Crippen molar-refractivity contribution in [2.24, 2.45) is 7.05 Å². The van der Waals surface area contributed by atoms with Crippen molar-refractivity contribution >= 4 is 10.0 Å². The van der Waals surface area contributed by atoms with Gasteiger partial charge in [-0.25, -0.2) is 13.1 Å². The topological polar surface area (TPSA) is 82.5 Å². The zero-order valence-electron chi connectivity index (χ0n) is 10.6. The summed E-state index contributed by atoms with van der Waals surface area (Å²) >= 11 is 0. The van der Waals surface area contributed by atoms with Gasteiger partial charge in [-0.3, -0.25) is 4.68 Å². The third kappa shape index (κ3) is 3.08. The minimum Gasteiger partial charge on any atom is -0.348 e. The van der Waals surface area contributed by atoms with Gasteiger partial charge >= 0.3 is 0 Å². The molecule has 1 unspecified atom stereocenters.